The van der Waals surface area contributed by atoms with E-state index in [4.69, 9.17) is 0 Å². The van der Waals surface area contributed by atoms with Crippen LogP contribution >= 0.6 is 22.6 Å². The number of benzene rings is 2. The Balaban J connectivity index is 0.000000924. The largest absolute Gasteiger partial charge is 0.265 e. The number of halogens is 1. The molecule has 0 spiro atoms. The second-order valence-corrected chi connectivity index (χ2v) is 8.58. The van der Waals surface area contributed by atoms with E-state index in [2.05, 4.69) is 22.6 Å². The first kappa shape index (κ1) is 18.3. The molecule has 0 fully saturated rings. The zero-order chi connectivity index (χ0) is 17.2. The molecule has 23 heavy (non-hydrogen) atoms. The smallest absolute Gasteiger partial charge is 0.253 e. The molecule has 1 heterocycles. The average molecular weight is 443 g/mol. The summed E-state index contributed by atoms with van der Waals surface area (Å²) in [5.74, 6) is 0. The van der Waals surface area contributed by atoms with Gasteiger partial charge in [0.1, 0.15) is 4.05 Å². The Morgan fingerprint density at radius 2 is 1.65 bits per heavy atom. The third-order valence-corrected chi connectivity index (χ3v) is 7.04. The molecule has 124 valence electrons. The lowest BCUT2D eigenvalue weighted by atomic mass is 10.1. The molecule has 3 rings (SSSR count). The third-order valence-electron chi connectivity index (χ3n) is 3.83. The van der Waals surface area contributed by atoms with Crippen molar-refractivity contribution in [3.05, 3.63) is 59.2 Å². The van der Waals surface area contributed by atoms with Gasteiger partial charge in [0.2, 0.25) is 0 Å². The van der Waals surface area contributed by atoms with E-state index in [9.17, 15) is 8.42 Å². The Kier molecular flexibility index (Phi) is 5.73. The Morgan fingerprint density at radius 1 is 1.04 bits per heavy atom. The molecule has 0 saturated heterocycles. The van der Waals surface area contributed by atoms with Crippen molar-refractivity contribution in [3.63, 3.8) is 0 Å². The van der Waals surface area contributed by atoms with Crippen LogP contribution in [-0.2, 0) is 16.4 Å². The summed E-state index contributed by atoms with van der Waals surface area (Å²) in [6.45, 7) is 7.98. The van der Waals surface area contributed by atoms with Crippen LogP contribution in [0.2, 0.25) is 0 Å². The number of alkyl halides is 1. The molecule has 1 unspecified atom stereocenters. The fraction of sp³-hybridized carbons (Fsp3) is 0.333. The van der Waals surface area contributed by atoms with E-state index in [-0.39, 0.29) is 4.05 Å². The van der Waals surface area contributed by atoms with Gasteiger partial charge in [-0.25, -0.2) is 8.42 Å². The van der Waals surface area contributed by atoms with Gasteiger partial charge in [0.25, 0.3) is 10.0 Å². The molecule has 2 aromatic rings. The molecule has 0 aromatic heterocycles. The van der Waals surface area contributed by atoms with Crippen LogP contribution < -0.4 is 4.31 Å². The van der Waals surface area contributed by atoms with E-state index in [1.165, 1.54) is 0 Å². The number of hydrogen-bond donors (Lipinski definition) is 0. The highest BCUT2D eigenvalue weighted by molar-refractivity contribution is 14.1. The zero-order valence-corrected chi connectivity index (χ0v) is 16.8. The van der Waals surface area contributed by atoms with Gasteiger partial charge in [-0.15, -0.1) is 0 Å². The Labute approximate surface area is 152 Å². The lowest BCUT2D eigenvalue weighted by molar-refractivity contribution is 0.591. The minimum atomic E-state index is -3.51. The lowest BCUT2D eigenvalue weighted by Crippen LogP contribution is -2.33. The van der Waals surface area contributed by atoms with Crippen LogP contribution in [0.4, 0.5) is 5.69 Å². The summed E-state index contributed by atoms with van der Waals surface area (Å²) < 4.78 is 27.4. The summed E-state index contributed by atoms with van der Waals surface area (Å²) in [5.41, 5.74) is 4.15. The molecular formula is C18H22INO2S. The van der Waals surface area contributed by atoms with Crippen molar-refractivity contribution in [3.8, 4) is 0 Å². The number of anilines is 1. The molecule has 0 N–H and O–H groups in total. The molecule has 1 aliphatic rings. The van der Waals surface area contributed by atoms with Crippen LogP contribution in [0.25, 0.3) is 0 Å². The van der Waals surface area contributed by atoms with E-state index >= 15 is 0 Å². The number of nitrogens with zero attached hydrogens (tertiary/aromatic N) is 1. The van der Waals surface area contributed by atoms with Gasteiger partial charge in [0, 0.05) is 6.42 Å². The van der Waals surface area contributed by atoms with Crippen molar-refractivity contribution < 1.29 is 8.42 Å². The van der Waals surface area contributed by atoms with Gasteiger partial charge in [-0.2, -0.15) is 0 Å². The minimum absolute atomic E-state index is 0.0787. The zero-order valence-electron chi connectivity index (χ0n) is 13.9. The summed E-state index contributed by atoms with van der Waals surface area (Å²) in [5, 5.41) is 0. The number of fused-ring (bicyclic) bond motifs is 1. The average Bonchev–Trinajstić information content (AvgIpc) is 2.88. The summed E-state index contributed by atoms with van der Waals surface area (Å²) in [4.78, 5) is 0.351. The second-order valence-electron chi connectivity index (χ2n) is 5.33. The molecule has 0 radical (unpaired) electrons. The first-order valence-electron chi connectivity index (χ1n) is 7.75. The van der Waals surface area contributed by atoms with Crippen LogP contribution in [0, 0.1) is 13.8 Å². The normalized spacial score (nSPS) is 16.6. The summed E-state index contributed by atoms with van der Waals surface area (Å²) in [6, 6.07) is 12.9. The van der Waals surface area contributed by atoms with Crippen molar-refractivity contribution in [2.45, 2.75) is 43.1 Å². The quantitative estimate of drug-likeness (QED) is 0.379. The van der Waals surface area contributed by atoms with Crippen molar-refractivity contribution in [2.75, 3.05) is 4.31 Å². The number of sulfonamides is 1. The topological polar surface area (TPSA) is 37.4 Å². The van der Waals surface area contributed by atoms with E-state index in [0.29, 0.717) is 4.90 Å². The predicted octanol–water partition coefficient (Wildman–Crippen LogP) is 4.84. The fourth-order valence-electron chi connectivity index (χ4n) is 2.66. The van der Waals surface area contributed by atoms with Crippen LogP contribution in [0.15, 0.2) is 47.4 Å². The van der Waals surface area contributed by atoms with Gasteiger partial charge in [-0.1, -0.05) is 66.3 Å². The monoisotopic (exact) mass is 443 g/mol. The van der Waals surface area contributed by atoms with Gasteiger partial charge >= 0.3 is 0 Å². The van der Waals surface area contributed by atoms with Gasteiger partial charge in [0.15, 0.2) is 0 Å². The summed E-state index contributed by atoms with van der Waals surface area (Å²) >= 11 is 2.21. The number of rotatable bonds is 2. The molecule has 0 bridgehead atoms. The number of hydrogen-bond acceptors (Lipinski definition) is 2. The Morgan fingerprint density at radius 3 is 2.26 bits per heavy atom. The van der Waals surface area contributed by atoms with Gasteiger partial charge < -0.3 is 0 Å². The lowest BCUT2D eigenvalue weighted by Gasteiger charge is -2.23. The predicted molar refractivity (Wildman–Crippen MR) is 105 cm³/mol. The van der Waals surface area contributed by atoms with Crippen molar-refractivity contribution in [1.29, 1.82) is 0 Å². The van der Waals surface area contributed by atoms with Crippen molar-refractivity contribution in [1.82, 2.24) is 0 Å². The minimum Gasteiger partial charge on any atom is -0.253 e. The molecule has 0 saturated carbocycles. The molecular weight excluding hydrogens is 421 g/mol. The standard InChI is InChI=1S/C16H16INO2S.C2H6/c1-11-6-8-13(9-7-11)21(19,20)18-15-5-3-4-12(2)14(15)10-16(18)17;1-2/h3-9,16H,10H2,1-2H3;1-2H3. The SMILES string of the molecule is CC.Cc1ccc(S(=O)(=O)N2c3cccc(C)c3CC2I)cc1. The first-order chi connectivity index (χ1) is 10.9. The maximum absolute atomic E-state index is 13.0. The van der Waals surface area contributed by atoms with Crippen LogP contribution in [0.5, 0.6) is 0 Å². The Hall–Kier alpha value is -1.08. The van der Waals surface area contributed by atoms with Gasteiger partial charge in [-0.05, 0) is 43.2 Å². The Bertz CT molecular complexity index is 785. The van der Waals surface area contributed by atoms with Gasteiger partial charge in [0.05, 0.1) is 10.6 Å². The van der Waals surface area contributed by atoms with E-state index in [0.717, 1.165) is 28.8 Å². The van der Waals surface area contributed by atoms with Crippen LogP contribution in [-0.4, -0.2) is 12.5 Å². The molecule has 5 heteroatoms. The van der Waals surface area contributed by atoms with Gasteiger partial charge in [-0.3, -0.25) is 4.31 Å². The maximum atomic E-state index is 13.0. The van der Waals surface area contributed by atoms with Crippen molar-refractivity contribution in [2.24, 2.45) is 0 Å². The highest BCUT2D eigenvalue weighted by Gasteiger charge is 2.37. The molecule has 0 aliphatic carbocycles. The molecule has 1 aliphatic heterocycles. The van der Waals surface area contributed by atoms with Crippen LogP contribution in [0.1, 0.15) is 30.5 Å². The van der Waals surface area contributed by atoms with E-state index in [1.54, 1.807) is 16.4 Å². The first-order valence-corrected chi connectivity index (χ1v) is 10.4. The fourth-order valence-corrected chi connectivity index (χ4v) is 5.82. The second kappa shape index (κ2) is 7.21. The summed E-state index contributed by atoms with van der Waals surface area (Å²) in [6.07, 6.45) is 0.758. The van der Waals surface area contributed by atoms with Crippen molar-refractivity contribution >= 4 is 38.3 Å². The van der Waals surface area contributed by atoms with E-state index in [1.807, 2.05) is 58.0 Å². The molecule has 2 aromatic carbocycles. The number of aryl methyl sites for hydroxylation is 2. The van der Waals surface area contributed by atoms with Crippen LogP contribution in [0.3, 0.4) is 0 Å². The summed E-state index contributed by atoms with van der Waals surface area (Å²) in [7, 11) is -3.51. The third kappa shape index (κ3) is 3.40. The molecule has 1 atom stereocenters. The maximum Gasteiger partial charge on any atom is 0.265 e. The molecule has 0 amide bonds. The highest BCUT2D eigenvalue weighted by Crippen LogP contribution is 2.40. The van der Waals surface area contributed by atoms with E-state index < -0.39 is 10.0 Å². The highest BCUT2D eigenvalue weighted by atomic mass is 127. The molecule has 3 nitrogen and oxygen atoms in total.